The first-order valence-corrected chi connectivity index (χ1v) is 10.5. The number of anilines is 2. The maximum Gasteiger partial charge on any atom is 0.303 e. The Morgan fingerprint density at radius 2 is 1.68 bits per heavy atom. The summed E-state index contributed by atoms with van der Waals surface area (Å²) >= 11 is 1.15. The lowest BCUT2D eigenvalue weighted by Crippen LogP contribution is -2.71. The van der Waals surface area contributed by atoms with Crippen LogP contribution >= 0.6 is 11.8 Å². The summed E-state index contributed by atoms with van der Waals surface area (Å²) in [5.41, 5.74) is -0.851. The van der Waals surface area contributed by atoms with Gasteiger partial charge in [-0.15, -0.1) is 0 Å². The molecule has 2 aliphatic rings. The number of nitrogens with zero attached hydrogens (tertiary/aromatic N) is 3. The monoisotopic (exact) mass is 454 g/mol. The predicted molar refractivity (Wildman–Crippen MR) is 108 cm³/mol. The fraction of sp³-hybridized carbons (Fsp3) is 0.556. The molecule has 0 radical (unpaired) electrons. The summed E-state index contributed by atoms with van der Waals surface area (Å²) in [5, 5.41) is 0.238. The first-order chi connectivity index (χ1) is 14.6. The molecule has 12 nitrogen and oxygen atoms in total. The van der Waals surface area contributed by atoms with Crippen molar-refractivity contribution in [1.82, 2.24) is 9.97 Å². The molecule has 4 atom stereocenters. The Balaban J connectivity index is 2.26. The maximum absolute atomic E-state index is 12.9. The molecule has 1 fully saturated rings. The summed E-state index contributed by atoms with van der Waals surface area (Å²) in [6.07, 6.45) is -1.69. The van der Waals surface area contributed by atoms with Crippen molar-refractivity contribution >= 4 is 47.0 Å². The Morgan fingerprint density at radius 1 is 1.06 bits per heavy atom. The maximum atomic E-state index is 12.9. The Morgan fingerprint density at radius 3 is 2.19 bits per heavy atom. The number of esters is 2. The molecule has 3 heterocycles. The summed E-state index contributed by atoms with van der Waals surface area (Å²) in [6, 6.07) is -1.15. The van der Waals surface area contributed by atoms with E-state index in [4.69, 9.17) is 14.2 Å². The lowest BCUT2D eigenvalue weighted by molar-refractivity contribution is -0.193. The summed E-state index contributed by atoms with van der Waals surface area (Å²) in [6.45, 7) is 4.60. The summed E-state index contributed by atoms with van der Waals surface area (Å²) in [7, 11) is 0. The molecule has 2 amide bonds. The molecule has 1 aromatic rings. The van der Waals surface area contributed by atoms with Gasteiger partial charge in [-0.1, -0.05) is 11.8 Å². The Hall–Kier alpha value is -2.93. The number of fused-ring (bicyclic) bond motifs is 2. The second-order valence-electron chi connectivity index (χ2n) is 6.96. The molecule has 0 spiro atoms. The van der Waals surface area contributed by atoms with E-state index in [-0.39, 0.29) is 23.3 Å². The molecule has 0 aliphatic carbocycles. The number of carbonyl (C=O) groups excluding carboxylic acids is 4. The first-order valence-electron chi connectivity index (χ1n) is 9.30. The van der Waals surface area contributed by atoms with Crippen LogP contribution in [0.1, 0.15) is 27.7 Å². The fourth-order valence-electron chi connectivity index (χ4n) is 3.80. The zero-order valence-electron chi connectivity index (χ0n) is 17.5. The lowest BCUT2D eigenvalue weighted by Gasteiger charge is -2.51. The van der Waals surface area contributed by atoms with E-state index in [0.29, 0.717) is 0 Å². The topological polar surface area (TPSA) is 148 Å². The van der Waals surface area contributed by atoms with Crippen molar-refractivity contribution in [3.8, 4) is 0 Å². The average molecular weight is 454 g/mol. The van der Waals surface area contributed by atoms with Crippen LogP contribution in [0.3, 0.4) is 0 Å². The quantitative estimate of drug-likeness (QED) is 0.370. The Labute approximate surface area is 181 Å². The molecule has 2 aliphatic heterocycles. The minimum absolute atomic E-state index is 0.0513. The standard InChI is InChI=1S/C18H22N4O8S/c1-7(23)21-12-14(30-10(4)26)11(29-9(3)25)6-28-17(12)22(8(2)24)15-13(21)16(27)20-18(19-15)31-5/h11-12,14,17H,6H2,1-5H3,(H,19,20,27)/t11-,12-,14-,17+/m0/s1. The van der Waals surface area contributed by atoms with Crippen LogP contribution < -0.4 is 15.4 Å². The highest BCUT2D eigenvalue weighted by atomic mass is 32.2. The normalized spacial score (nSPS) is 24.7. The molecule has 31 heavy (non-hydrogen) atoms. The third-order valence-corrected chi connectivity index (χ3v) is 5.37. The SMILES string of the molecule is CSc1nc2c(c(=O)[nH]1)N(C(C)=O)[C@H]1[C@@H](OC(C)=O)[C@@H](OC(C)=O)CO[C@H]1N2C(C)=O. The van der Waals surface area contributed by atoms with Crippen molar-refractivity contribution in [2.45, 2.75) is 57.3 Å². The molecule has 0 unspecified atom stereocenters. The largest absolute Gasteiger partial charge is 0.456 e. The van der Waals surface area contributed by atoms with Crippen LogP contribution in [0.25, 0.3) is 0 Å². The average Bonchev–Trinajstić information content (AvgIpc) is 2.66. The van der Waals surface area contributed by atoms with Gasteiger partial charge in [-0.25, -0.2) is 4.98 Å². The minimum atomic E-state index is -1.20. The fourth-order valence-corrected chi connectivity index (χ4v) is 4.18. The number of ether oxygens (including phenoxy) is 3. The molecule has 1 N–H and O–H groups in total. The van der Waals surface area contributed by atoms with Gasteiger partial charge in [0.25, 0.3) is 5.56 Å². The second-order valence-corrected chi connectivity index (χ2v) is 7.76. The van der Waals surface area contributed by atoms with Gasteiger partial charge in [0.05, 0.1) is 6.61 Å². The van der Waals surface area contributed by atoms with Crippen LogP contribution in [0.2, 0.25) is 0 Å². The van der Waals surface area contributed by atoms with Crippen molar-refractivity contribution < 1.29 is 33.4 Å². The van der Waals surface area contributed by atoms with Gasteiger partial charge in [-0.3, -0.25) is 38.8 Å². The number of aromatic amines is 1. The van der Waals surface area contributed by atoms with Crippen LogP contribution in [-0.4, -0.2) is 71.1 Å². The Kier molecular flexibility index (Phi) is 6.36. The molecular weight excluding hydrogens is 432 g/mol. The summed E-state index contributed by atoms with van der Waals surface area (Å²) in [5.74, 6) is -2.48. The van der Waals surface area contributed by atoms with E-state index in [2.05, 4.69) is 9.97 Å². The third kappa shape index (κ3) is 4.14. The highest BCUT2D eigenvalue weighted by molar-refractivity contribution is 7.98. The molecule has 168 valence electrons. The number of aromatic nitrogens is 2. The molecule has 1 aromatic heterocycles. The number of thioether (sulfide) groups is 1. The number of rotatable bonds is 3. The smallest absolute Gasteiger partial charge is 0.303 e. The van der Waals surface area contributed by atoms with Gasteiger partial charge in [-0.05, 0) is 6.26 Å². The highest BCUT2D eigenvalue weighted by Crippen LogP contribution is 2.40. The number of hydrogen-bond acceptors (Lipinski definition) is 10. The van der Waals surface area contributed by atoms with E-state index < -0.39 is 53.8 Å². The Bertz CT molecular complexity index is 995. The summed E-state index contributed by atoms with van der Waals surface area (Å²) in [4.78, 5) is 70.7. The van der Waals surface area contributed by atoms with E-state index >= 15 is 0 Å². The zero-order chi connectivity index (χ0) is 23.0. The van der Waals surface area contributed by atoms with Crippen LogP contribution in [0, 0.1) is 0 Å². The molecule has 1 saturated heterocycles. The van der Waals surface area contributed by atoms with Crippen molar-refractivity contribution in [3.05, 3.63) is 10.4 Å². The van der Waals surface area contributed by atoms with Crippen molar-refractivity contribution in [2.24, 2.45) is 0 Å². The number of hydrogen-bond donors (Lipinski definition) is 1. The van der Waals surface area contributed by atoms with E-state index in [1.165, 1.54) is 20.8 Å². The number of amides is 2. The molecule has 3 rings (SSSR count). The van der Waals surface area contributed by atoms with E-state index in [1.54, 1.807) is 6.26 Å². The van der Waals surface area contributed by atoms with Gasteiger partial charge in [0.2, 0.25) is 11.8 Å². The van der Waals surface area contributed by atoms with E-state index in [1.807, 2.05) is 0 Å². The van der Waals surface area contributed by atoms with Gasteiger partial charge in [0, 0.05) is 27.7 Å². The van der Waals surface area contributed by atoms with E-state index in [0.717, 1.165) is 28.5 Å². The van der Waals surface area contributed by atoms with Crippen molar-refractivity contribution in [3.63, 3.8) is 0 Å². The molecule has 0 saturated carbocycles. The van der Waals surface area contributed by atoms with Gasteiger partial charge in [-0.2, -0.15) is 0 Å². The van der Waals surface area contributed by atoms with Gasteiger partial charge < -0.3 is 14.2 Å². The lowest BCUT2D eigenvalue weighted by atomic mass is 9.95. The molecule has 0 aromatic carbocycles. The zero-order valence-corrected chi connectivity index (χ0v) is 18.3. The second kappa shape index (κ2) is 8.67. The third-order valence-electron chi connectivity index (χ3n) is 4.79. The number of nitrogens with one attached hydrogen (secondary N) is 1. The summed E-state index contributed by atoms with van der Waals surface area (Å²) < 4.78 is 16.5. The van der Waals surface area contributed by atoms with Crippen LogP contribution in [0.15, 0.2) is 9.95 Å². The molecule has 0 bridgehead atoms. The van der Waals surface area contributed by atoms with Crippen molar-refractivity contribution in [1.29, 1.82) is 0 Å². The molecular formula is C18H22N4O8S. The number of carbonyl (C=O) groups is 4. The highest BCUT2D eigenvalue weighted by Gasteiger charge is 2.56. The molecule has 13 heteroatoms. The van der Waals surface area contributed by atoms with Crippen LogP contribution in [0.5, 0.6) is 0 Å². The van der Waals surface area contributed by atoms with Gasteiger partial charge in [0.15, 0.2) is 35.1 Å². The predicted octanol–water partition coefficient (Wildman–Crippen LogP) is -0.200. The first kappa shape index (κ1) is 22.7. The van der Waals surface area contributed by atoms with E-state index in [9.17, 15) is 24.0 Å². The number of H-pyrrole nitrogens is 1. The minimum Gasteiger partial charge on any atom is -0.456 e. The van der Waals surface area contributed by atoms with Crippen molar-refractivity contribution in [2.75, 3.05) is 22.7 Å². The van der Waals surface area contributed by atoms with Gasteiger partial charge in [0.1, 0.15) is 6.04 Å². The van der Waals surface area contributed by atoms with Gasteiger partial charge >= 0.3 is 11.9 Å². The van der Waals surface area contributed by atoms with Crippen LogP contribution in [0.4, 0.5) is 11.5 Å². The van der Waals surface area contributed by atoms with Crippen LogP contribution in [-0.2, 0) is 33.4 Å².